The number of carbonyl (C=O) groups excluding carboxylic acids is 1. The molecule has 0 bridgehead atoms. The minimum Gasteiger partial charge on any atom is -0.300 e. The molecule has 0 aliphatic carbocycles. The van der Waals surface area contributed by atoms with Crippen LogP contribution in [0.15, 0.2) is 0 Å². The van der Waals surface area contributed by atoms with Crippen LogP contribution in [0.4, 0.5) is 0 Å². The number of hydrogen-bond acceptors (Lipinski definition) is 1. The second-order valence-electron chi connectivity index (χ2n) is 3.54. The van der Waals surface area contributed by atoms with Gasteiger partial charge in [-0.3, -0.25) is 4.79 Å². The lowest BCUT2D eigenvalue weighted by molar-refractivity contribution is -0.119. The quantitative estimate of drug-likeness (QED) is 0.413. The second-order valence-corrected chi connectivity index (χ2v) is 4.29. The highest BCUT2D eigenvalue weighted by molar-refractivity contribution is 6.18. The van der Waals surface area contributed by atoms with Crippen LogP contribution in [0.2, 0.25) is 0 Å². The van der Waals surface area contributed by atoms with Crippen molar-refractivity contribution in [3.05, 3.63) is 0 Å². The van der Waals surface area contributed by atoms with Crippen LogP contribution in [0.25, 0.3) is 0 Å². The molecule has 0 unspecified atom stereocenters. The summed E-state index contributed by atoms with van der Waals surface area (Å²) >= 11 is 11.1. The van der Waals surface area contributed by atoms with E-state index in [0.717, 1.165) is 51.4 Å². The summed E-state index contributed by atoms with van der Waals surface area (Å²) in [5, 5.41) is 0. The Morgan fingerprint density at radius 1 is 0.714 bits per heavy atom. The molecule has 0 fully saturated rings. The highest BCUT2D eigenvalue weighted by atomic mass is 35.5. The van der Waals surface area contributed by atoms with Gasteiger partial charge in [-0.25, -0.2) is 0 Å². The van der Waals surface area contributed by atoms with Crippen LogP contribution in [-0.4, -0.2) is 17.5 Å². The van der Waals surface area contributed by atoms with Gasteiger partial charge in [0, 0.05) is 24.6 Å². The third kappa shape index (κ3) is 10.3. The molecule has 1 nitrogen and oxygen atoms in total. The number of halogens is 2. The summed E-state index contributed by atoms with van der Waals surface area (Å²) in [4.78, 5) is 11.3. The van der Waals surface area contributed by atoms with Crippen LogP contribution in [0.5, 0.6) is 0 Å². The smallest absolute Gasteiger partial charge is 0.132 e. The van der Waals surface area contributed by atoms with Gasteiger partial charge in [0.1, 0.15) is 5.78 Å². The average molecular weight is 239 g/mol. The summed E-state index contributed by atoms with van der Waals surface area (Å²) < 4.78 is 0. The summed E-state index contributed by atoms with van der Waals surface area (Å²) in [7, 11) is 0. The molecule has 0 aliphatic rings. The van der Waals surface area contributed by atoms with E-state index in [-0.39, 0.29) is 0 Å². The first-order valence-electron chi connectivity index (χ1n) is 5.45. The number of unbranched alkanes of at least 4 members (excludes halogenated alkanes) is 4. The number of rotatable bonds is 10. The van der Waals surface area contributed by atoms with Crippen LogP contribution in [0.1, 0.15) is 51.4 Å². The van der Waals surface area contributed by atoms with E-state index in [1.54, 1.807) is 0 Å². The Kier molecular flexibility index (Phi) is 11.5. The molecule has 0 amide bonds. The standard InChI is InChI=1S/C11H20Cl2O/c12-9-5-1-3-7-11(14)8-4-2-6-10-13/h1-10H2. The molecule has 0 aromatic carbocycles. The maximum Gasteiger partial charge on any atom is 0.132 e. The van der Waals surface area contributed by atoms with Gasteiger partial charge in [0.05, 0.1) is 0 Å². The average Bonchev–Trinajstić information content (AvgIpc) is 2.19. The highest BCUT2D eigenvalue weighted by Gasteiger charge is 2.01. The third-order valence-corrected chi connectivity index (χ3v) is 2.71. The van der Waals surface area contributed by atoms with Crippen molar-refractivity contribution in [3.8, 4) is 0 Å². The van der Waals surface area contributed by atoms with E-state index in [0.29, 0.717) is 17.5 Å². The van der Waals surface area contributed by atoms with E-state index in [9.17, 15) is 4.79 Å². The van der Waals surface area contributed by atoms with Crippen LogP contribution in [0.3, 0.4) is 0 Å². The molecule has 0 rings (SSSR count). The van der Waals surface area contributed by atoms with Crippen molar-refractivity contribution in [1.82, 2.24) is 0 Å². The largest absolute Gasteiger partial charge is 0.300 e. The lowest BCUT2D eigenvalue weighted by atomic mass is 10.1. The zero-order valence-electron chi connectivity index (χ0n) is 8.74. The second kappa shape index (κ2) is 11.3. The molecule has 0 N–H and O–H groups in total. The first-order chi connectivity index (χ1) is 6.81. The van der Waals surface area contributed by atoms with Gasteiger partial charge in [-0.2, -0.15) is 0 Å². The molecular weight excluding hydrogens is 219 g/mol. The Hall–Kier alpha value is 0.250. The summed E-state index contributed by atoms with van der Waals surface area (Å²) in [6.45, 7) is 0. The predicted octanol–water partition coefficient (Wildman–Crippen LogP) is 4.15. The maximum absolute atomic E-state index is 11.3. The molecule has 0 heterocycles. The molecule has 0 aromatic heterocycles. The molecule has 3 heteroatoms. The first kappa shape index (κ1) is 14.2. The predicted molar refractivity (Wildman–Crippen MR) is 63.4 cm³/mol. The first-order valence-corrected chi connectivity index (χ1v) is 6.51. The van der Waals surface area contributed by atoms with Crippen LogP contribution in [-0.2, 0) is 4.79 Å². The number of alkyl halides is 2. The van der Waals surface area contributed by atoms with E-state index in [1.165, 1.54) is 0 Å². The van der Waals surface area contributed by atoms with Gasteiger partial charge in [-0.05, 0) is 25.7 Å². The zero-order chi connectivity index (χ0) is 10.6. The van der Waals surface area contributed by atoms with E-state index in [1.807, 2.05) is 0 Å². The molecule has 0 saturated heterocycles. The van der Waals surface area contributed by atoms with Crippen molar-refractivity contribution < 1.29 is 4.79 Å². The maximum atomic E-state index is 11.3. The number of carbonyl (C=O) groups is 1. The summed E-state index contributed by atoms with van der Waals surface area (Å²) in [5.74, 6) is 1.82. The number of Topliss-reactive ketones (excluding diaryl/α,β-unsaturated/α-hetero) is 1. The van der Waals surface area contributed by atoms with Gasteiger partial charge in [0.2, 0.25) is 0 Å². The number of ketones is 1. The highest BCUT2D eigenvalue weighted by Crippen LogP contribution is 2.07. The van der Waals surface area contributed by atoms with Gasteiger partial charge in [0.15, 0.2) is 0 Å². The fourth-order valence-electron chi connectivity index (χ4n) is 1.31. The Morgan fingerprint density at radius 2 is 1.14 bits per heavy atom. The molecule has 0 radical (unpaired) electrons. The van der Waals surface area contributed by atoms with Crippen LogP contribution in [0, 0.1) is 0 Å². The lowest BCUT2D eigenvalue weighted by Crippen LogP contribution is -1.97. The van der Waals surface area contributed by atoms with Crippen LogP contribution < -0.4 is 0 Å². The van der Waals surface area contributed by atoms with Gasteiger partial charge in [0.25, 0.3) is 0 Å². The van der Waals surface area contributed by atoms with Gasteiger partial charge in [-0.1, -0.05) is 12.8 Å². The lowest BCUT2D eigenvalue weighted by Gasteiger charge is -2.00. The Morgan fingerprint density at radius 3 is 1.50 bits per heavy atom. The normalized spacial score (nSPS) is 10.4. The minimum atomic E-state index is 0.397. The van der Waals surface area contributed by atoms with Crippen LogP contribution >= 0.6 is 23.2 Å². The molecule has 14 heavy (non-hydrogen) atoms. The molecule has 84 valence electrons. The topological polar surface area (TPSA) is 17.1 Å². The molecule has 0 aromatic rings. The monoisotopic (exact) mass is 238 g/mol. The van der Waals surface area contributed by atoms with Crippen molar-refractivity contribution in [2.45, 2.75) is 51.4 Å². The molecule has 0 aliphatic heterocycles. The number of hydrogen-bond donors (Lipinski definition) is 0. The van der Waals surface area contributed by atoms with Gasteiger partial charge >= 0.3 is 0 Å². The van der Waals surface area contributed by atoms with Crippen molar-refractivity contribution in [2.75, 3.05) is 11.8 Å². The Balaban J connectivity index is 3.11. The van der Waals surface area contributed by atoms with E-state index < -0.39 is 0 Å². The van der Waals surface area contributed by atoms with Crippen molar-refractivity contribution in [1.29, 1.82) is 0 Å². The summed E-state index contributed by atoms with van der Waals surface area (Å²) in [6.07, 6.45) is 7.69. The molecule has 0 atom stereocenters. The fourth-order valence-corrected chi connectivity index (χ4v) is 1.69. The SMILES string of the molecule is O=C(CCCCCCl)CCCCCCl. The van der Waals surface area contributed by atoms with Crippen molar-refractivity contribution >= 4 is 29.0 Å². The van der Waals surface area contributed by atoms with E-state index in [4.69, 9.17) is 23.2 Å². The van der Waals surface area contributed by atoms with Crippen molar-refractivity contribution in [2.24, 2.45) is 0 Å². The van der Waals surface area contributed by atoms with E-state index >= 15 is 0 Å². The van der Waals surface area contributed by atoms with E-state index in [2.05, 4.69) is 0 Å². The molecule has 0 spiro atoms. The third-order valence-electron chi connectivity index (χ3n) is 2.18. The summed E-state index contributed by atoms with van der Waals surface area (Å²) in [6, 6.07) is 0. The van der Waals surface area contributed by atoms with Gasteiger partial charge < -0.3 is 0 Å². The Labute approximate surface area is 97.2 Å². The fraction of sp³-hybridized carbons (Fsp3) is 0.909. The van der Waals surface area contributed by atoms with Gasteiger partial charge in [-0.15, -0.1) is 23.2 Å². The summed E-state index contributed by atoms with van der Waals surface area (Å²) in [5.41, 5.74) is 0. The minimum absolute atomic E-state index is 0.397. The Bertz CT molecular complexity index is 123. The van der Waals surface area contributed by atoms with Crippen molar-refractivity contribution in [3.63, 3.8) is 0 Å². The molecule has 0 saturated carbocycles. The zero-order valence-corrected chi connectivity index (χ0v) is 10.2. The molecular formula is C11H20Cl2O.